The van der Waals surface area contributed by atoms with E-state index < -0.39 is 34.8 Å². The standard InChI is InChI=1S/C18H33N3O7/c1-8-12(22)19-9-18(13(23)24,10-20-14(25)27-16(2,3)4)11-21-15(26)28-17(5,6)7/h8-11H2,1-7H3,(H,19,22)(H,20,25)(H,21,26)(H,23,24). The minimum Gasteiger partial charge on any atom is -0.481 e. The van der Waals surface area contributed by atoms with Crippen molar-refractivity contribution in [2.45, 2.75) is 66.1 Å². The zero-order valence-corrected chi connectivity index (χ0v) is 17.7. The van der Waals surface area contributed by atoms with Crippen molar-refractivity contribution in [3.63, 3.8) is 0 Å². The number of ether oxygens (including phenoxy) is 2. The van der Waals surface area contributed by atoms with Gasteiger partial charge in [0.15, 0.2) is 0 Å². The van der Waals surface area contributed by atoms with Crippen LogP contribution in [-0.2, 0) is 19.1 Å². The molecule has 0 aromatic heterocycles. The van der Waals surface area contributed by atoms with E-state index in [-0.39, 0.29) is 32.0 Å². The first-order valence-electron chi connectivity index (χ1n) is 9.04. The maximum atomic E-state index is 12.0. The van der Waals surface area contributed by atoms with Crippen molar-refractivity contribution in [3.05, 3.63) is 0 Å². The third kappa shape index (κ3) is 10.6. The van der Waals surface area contributed by atoms with Crippen molar-refractivity contribution in [2.24, 2.45) is 5.41 Å². The van der Waals surface area contributed by atoms with E-state index in [2.05, 4.69) is 16.0 Å². The molecule has 0 unspecified atom stereocenters. The number of carbonyl (C=O) groups excluding carboxylic acids is 3. The number of rotatable bonds is 8. The molecule has 0 saturated heterocycles. The van der Waals surface area contributed by atoms with Gasteiger partial charge in [-0.3, -0.25) is 9.59 Å². The molecule has 10 nitrogen and oxygen atoms in total. The molecule has 0 aliphatic rings. The Labute approximate surface area is 165 Å². The number of alkyl carbamates (subject to hydrolysis) is 2. The van der Waals surface area contributed by atoms with Gasteiger partial charge in [0.2, 0.25) is 5.91 Å². The molecule has 0 saturated carbocycles. The zero-order valence-electron chi connectivity index (χ0n) is 17.7. The van der Waals surface area contributed by atoms with Crippen LogP contribution in [0.15, 0.2) is 0 Å². The summed E-state index contributed by atoms with van der Waals surface area (Å²) in [6.45, 7) is 10.6. The highest BCUT2D eigenvalue weighted by molar-refractivity contribution is 5.80. The second kappa shape index (κ2) is 10.1. The summed E-state index contributed by atoms with van der Waals surface area (Å²) in [5, 5.41) is 17.0. The Hall–Kier alpha value is -2.52. The van der Waals surface area contributed by atoms with Gasteiger partial charge in [0, 0.05) is 26.1 Å². The van der Waals surface area contributed by atoms with Gasteiger partial charge in [-0.25, -0.2) is 9.59 Å². The fourth-order valence-corrected chi connectivity index (χ4v) is 1.92. The normalized spacial score (nSPS) is 12.0. The summed E-state index contributed by atoms with van der Waals surface area (Å²) >= 11 is 0. The van der Waals surface area contributed by atoms with E-state index >= 15 is 0 Å². The van der Waals surface area contributed by atoms with Crippen LogP contribution in [0.1, 0.15) is 54.9 Å². The van der Waals surface area contributed by atoms with Gasteiger partial charge in [0.25, 0.3) is 0 Å². The molecule has 0 aromatic carbocycles. The van der Waals surface area contributed by atoms with Crippen LogP contribution in [0.4, 0.5) is 9.59 Å². The second-order valence-electron chi connectivity index (χ2n) is 8.43. The Morgan fingerprint density at radius 2 is 1.11 bits per heavy atom. The molecule has 0 fully saturated rings. The number of amides is 3. The van der Waals surface area contributed by atoms with Crippen molar-refractivity contribution in [1.29, 1.82) is 0 Å². The highest BCUT2D eigenvalue weighted by atomic mass is 16.6. The van der Waals surface area contributed by atoms with Gasteiger partial charge in [-0.2, -0.15) is 0 Å². The van der Waals surface area contributed by atoms with Gasteiger partial charge < -0.3 is 30.5 Å². The van der Waals surface area contributed by atoms with E-state index in [9.17, 15) is 24.3 Å². The van der Waals surface area contributed by atoms with Crippen LogP contribution in [0.5, 0.6) is 0 Å². The van der Waals surface area contributed by atoms with Gasteiger partial charge in [-0.05, 0) is 41.5 Å². The number of carbonyl (C=O) groups is 4. The minimum atomic E-state index is -1.70. The fraction of sp³-hybridized carbons (Fsp3) is 0.778. The molecule has 0 heterocycles. The second-order valence-corrected chi connectivity index (χ2v) is 8.43. The van der Waals surface area contributed by atoms with Crippen LogP contribution in [0.3, 0.4) is 0 Å². The lowest BCUT2D eigenvalue weighted by molar-refractivity contribution is -0.148. The van der Waals surface area contributed by atoms with E-state index in [1.54, 1.807) is 48.5 Å². The maximum Gasteiger partial charge on any atom is 0.407 e. The highest BCUT2D eigenvalue weighted by Crippen LogP contribution is 2.17. The predicted octanol–water partition coefficient (Wildman–Crippen LogP) is 1.63. The van der Waals surface area contributed by atoms with Crippen LogP contribution >= 0.6 is 0 Å². The lowest BCUT2D eigenvalue weighted by atomic mass is 9.87. The Balaban J connectivity index is 5.29. The molecule has 0 rings (SSSR count). The third-order valence-corrected chi connectivity index (χ3v) is 3.34. The molecule has 4 N–H and O–H groups in total. The summed E-state index contributed by atoms with van der Waals surface area (Å²) < 4.78 is 10.2. The topological polar surface area (TPSA) is 143 Å². The summed E-state index contributed by atoms with van der Waals surface area (Å²) in [5.41, 5.74) is -3.22. The molecule has 0 aromatic rings. The number of aliphatic carboxylic acids is 1. The van der Waals surface area contributed by atoms with E-state index in [1.165, 1.54) is 0 Å². The predicted molar refractivity (Wildman–Crippen MR) is 102 cm³/mol. The van der Waals surface area contributed by atoms with E-state index in [4.69, 9.17) is 9.47 Å². The molecule has 0 atom stereocenters. The van der Waals surface area contributed by atoms with Crippen LogP contribution in [0.25, 0.3) is 0 Å². The molecule has 0 aliphatic carbocycles. The Morgan fingerprint density at radius 1 is 0.750 bits per heavy atom. The van der Waals surface area contributed by atoms with E-state index in [0.29, 0.717) is 0 Å². The first kappa shape index (κ1) is 25.5. The first-order valence-corrected chi connectivity index (χ1v) is 9.04. The van der Waals surface area contributed by atoms with Crippen LogP contribution < -0.4 is 16.0 Å². The van der Waals surface area contributed by atoms with Crippen molar-refractivity contribution >= 4 is 24.1 Å². The largest absolute Gasteiger partial charge is 0.481 e. The van der Waals surface area contributed by atoms with Gasteiger partial charge in [-0.15, -0.1) is 0 Å². The number of carboxylic acids is 1. The van der Waals surface area contributed by atoms with Crippen LogP contribution in [-0.4, -0.2) is 60.0 Å². The summed E-state index contributed by atoms with van der Waals surface area (Å²) in [7, 11) is 0. The summed E-state index contributed by atoms with van der Waals surface area (Å²) in [5.74, 6) is -1.67. The van der Waals surface area contributed by atoms with Crippen molar-refractivity contribution in [1.82, 2.24) is 16.0 Å². The number of nitrogens with one attached hydrogen (secondary N) is 3. The molecule has 0 bridgehead atoms. The van der Waals surface area contributed by atoms with Gasteiger partial charge >= 0.3 is 18.2 Å². The molecular weight excluding hydrogens is 370 g/mol. The molecule has 10 heteroatoms. The molecule has 162 valence electrons. The van der Waals surface area contributed by atoms with Gasteiger partial charge in [0.05, 0.1) is 0 Å². The average molecular weight is 403 g/mol. The quantitative estimate of drug-likeness (QED) is 0.482. The highest BCUT2D eigenvalue weighted by Gasteiger charge is 2.40. The first-order chi connectivity index (χ1) is 12.6. The maximum absolute atomic E-state index is 12.0. The van der Waals surface area contributed by atoms with Crippen molar-refractivity contribution < 1.29 is 33.8 Å². The zero-order chi connectivity index (χ0) is 22.2. The van der Waals surface area contributed by atoms with E-state index in [1.807, 2.05) is 0 Å². The Morgan fingerprint density at radius 3 is 1.39 bits per heavy atom. The van der Waals surface area contributed by atoms with Crippen molar-refractivity contribution in [3.8, 4) is 0 Å². The van der Waals surface area contributed by atoms with Gasteiger partial charge in [-0.1, -0.05) is 6.92 Å². The molecule has 28 heavy (non-hydrogen) atoms. The fourth-order valence-electron chi connectivity index (χ4n) is 1.92. The monoisotopic (exact) mass is 403 g/mol. The van der Waals surface area contributed by atoms with Gasteiger partial charge in [0.1, 0.15) is 16.6 Å². The summed E-state index contributed by atoms with van der Waals surface area (Å²) in [6, 6.07) is 0. The molecule has 0 radical (unpaired) electrons. The van der Waals surface area contributed by atoms with Crippen LogP contribution in [0, 0.1) is 5.41 Å². The Bertz CT molecular complexity index is 545. The number of hydrogen-bond donors (Lipinski definition) is 4. The third-order valence-electron chi connectivity index (χ3n) is 3.34. The molecule has 0 aliphatic heterocycles. The SMILES string of the molecule is CCC(=O)NCC(CNC(=O)OC(C)(C)C)(CNC(=O)OC(C)(C)C)C(=O)O. The summed E-state index contributed by atoms with van der Waals surface area (Å²) in [4.78, 5) is 47.4. The van der Waals surface area contributed by atoms with Crippen molar-refractivity contribution in [2.75, 3.05) is 19.6 Å². The Kier molecular flexibility index (Phi) is 9.23. The number of carboxylic acid groups (broad SMARTS) is 1. The molecule has 0 spiro atoms. The molecule has 3 amide bonds. The summed E-state index contributed by atoms with van der Waals surface area (Å²) in [6.07, 6.45) is -1.45. The minimum absolute atomic E-state index is 0.161. The lowest BCUT2D eigenvalue weighted by Gasteiger charge is -2.31. The van der Waals surface area contributed by atoms with E-state index in [0.717, 1.165) is 0 Å². The molecular formula is C18H33N3O7. The smallest absolute Gasteiger partial charge is 0.407 e. The van der Waals surface area contributed by atoms with Crippen LogP contribution in [0.2, 0.25) is 0 Å². The number of hydrogen-bond acceptors (Lipinski definition) is 6. The lowest BCUT2D eigenvalue weighted by Crippen LogP contribution is -2.56. The average Bonchev–Trinajstić information content (AvgIpc) is 2.50.